The van der Waals surface area contributed by atoms with E-state index in [2.05, 4.69) is 130 Å². The second-order valence-electron chi connectivity index (χ2n) is 14.9. The number of hydrogen-bond donors (Lipinski definition) is 0. The van der Waals surface area contributed by atoms with Crippen LogP contribution in [-0.2, 0) is 0 Å². The summed E-state index contributed by atoms with van der Waals surface area (Å²) in [5.74, 6) is 2.74. The van der Waals surface area contributed by atoms with Crippen molar-refractivity contribution in [3.8, 4) is 56.9 Å². The summed E-state index contributed by atoms with van der Waals surface area (Å²) in [7, 11) is 0. The second kappa shape index (κ2) is 13.3. The average Bonchev–Trinajstić information content (AvgIpc) is 3.99. The molecular formula is C53H33N5O. The Morgan fingerprint density at radius 2 is 0.763 bits per heavy atom. The number of hydrogen-bond acceptors (Lipinski definition) is 4. The molecule has 12 aromatic rings. The SMILES string of the molecule is c1ccc(-c2nc(-c3ccccc3)nc(-c3ccc(-n4c5ccccc5c5cc(-c6ccc7c(c6)c6ccccc6n7-c6cc7ccccc7o6)ccc54)cc3)n2)cc1. The monoisotopic (exact) mass is 755 g/mol. The van der Waals surface area contributed by atoms with E-state index in [1.54, 1.807) is 0 Å². The summed E-state index contributed by atoms with van der Waals surface area (Å²) >= 11 is 0. The molecule has 8 aromatic carbocycles. The van der Waals surface area contributed by atoms with Crippen molar-refractivity contribution in [3.63, 3.8) is 0 Å². The first-order chi connectivity index (χ1) is 29.2. The zero-order valence-electron chi connectivity index (χ0n) is 31.7. The predicted molar refractivity (Wildman–Crippen MR) is 240 cm³/mol. The third-order valence-electron chi connectivity index (χ3n) is 11.4. The molecule has 6 nitrogen and oxygen atoms in total. The molecule has 0 saturated carbocycles. The van der Waals surface area contributed by atoms with Gasteiger partial charge in [-0.05, 0) is 77.9 Å². The fraction of sp³-hybridized carbons (Fsp3) is 0. The van der Waals surface area contributed by atoms with E-state index < -0.39 is 0 Å². The van der Waals surface area contributed by atoms with Crippen molar-refractivity contribution in [1.82, 2.24) is 24.1 Å². The number of aromatic nitrogens is 5. The fourth-order valence-electron chi connectivity index (χ4n) is 8.60. The first kappa shape index (κ1) is 33.1. The average molecular weight is 756 g/mol. The van der Waals surface area contributed by atoms with Gasteiger partial charge in [0.25, 0.3) is 0 Å². The highest BCUT2D eigenvalue weighted by atomic mass is 16.4. The first-order valence-electron chi connectivity index (χ1n) is 19.8. The highest BCUT2D eigenvalue weighted by molar-refractivity contribution is 6.12. The lowest BCUT2D eigenvalue weighted by Crippen LogP contribution is -2.00. The van der Waals surface area contributed by atoms with E-state index in [-0.39, 0.29) is 0 Å². The van der Waals surface area contributed by atoms with E-state index in [0.29, 0.717) is 17.5 Å². The lowest BCUT2D eigenvalue weighted by Gasteiger charge is -2.11. The van der Waals surface area contributed by atoms with Crippen molar-refractivity contribution in [2.24, 2.45) is 0 Å². The summed E-state index contributed by atoms with van der Waals surface area (Å²) in [6, 6.07) is 69.9. The van der Waals surface area contributed by atoms with Gasteiger partial charge in [0, 0.05) is 55.4 Å². The Bertz CT molecular complexity index is 3450. The van der Waals surface area contributed by atoms with Gasteiger partial charge < -0.3 is 8.98 Å². The van der Waals surface area contributed by atoms with Gasteiger partial charge in [0.2, 0.25) is 5.88 Å². The minimum absolute atomic E-state index is 0.633. The molecule has 0 aliphatic rings. The topological polar surface area (TPSA) is 61.7 Å². The third-order valence-corrected chi connectivity index (χ3v) is 11.4. The highest BCUT2D eigenvalue weighted by Gasteiger charge is 2.18. The molecule has 4 heterocycles. The maximum atomic E-state index is 6.40. The molecule has 0 saturated heterocycles. The Morgan fingerprint density at radius 1 is 0.322 bits per heavy atom. The molecule has 0 amide bonds. The Hall–Kier alpha value is -8.09. The third kappa shape index (κ3) is 5.46. The van der Waals surface area contributed by atoms with Crippen molar-refractivity contribution < 1.29 is 4.42 Å². The quantitative estimate of drug-likeness (QED) is 0.170. The van der Waals surface area contributed by atoms with Crippen molar-refractivity contribution in [3.05, 3.63) is 200 Å². The van der Waals surface area contributed by atoms with Crippen molar-refractivity contribution >= 4 is 54.6 Å². The molecule has 4 aromatic heterocycles. The zero-order valence-corrected chi connectivity index (χ0v) is 31.7. The normalized spacial score (nSPS) is 11.7. The molecule has 0 radical (unpaired) electrons. The number of furan rings is 1. The largest absolute Gasteiger partial charge is 0.440 e. The molecule has 12 rings (SSSR count). The number of para-hydroxylation sites is 3. The number of nitrogens with zero attached hydrogens (tertiary/aromatic N) is 5. The maximum absolute atomic E-state index is 6.40. The number of benzene rings is 8. The van der Waals surface area contributed by atoms with E-state index in [1.807, 2.05) is 78.9 Å². The Balaban J connectivity index is 0.952. The van der Waals surface area contributed by atoms with E-state index in [0.717, 1.165) is 72.4 Å². The van der Waals surface area contributed by atoms with Gasteiger partial charge >= 0.3 is 0 Å². The molecule has 0 bridgehead atoms. The van der Waals surface area contributed by atoms with Crippen LogP contribution in [0.4, 0.5) is 0 Å². The predicted octanol–water partition coefficient (Wildman–Crippen LogP) is 13.5. The zero-order chi connectivity index (χ0) is 38.9. The van der Waals surface area contributed by atoms with Gasteiger partial charge in [0.15, 0.2) is 17.5 Å². The van der Waals surface area contributed by atoms with Crippen LogP contribution >= 0.6 is 0 Å². The Kier molecular flexibility index (Phi) is 7.43. The molecule has 276 valence electrons. The van der Waals surface area contributed by atoms with Crippen LogP contribution in [0.15, 0.2) is 205 Å². The summed E-state index contributed by atoms with van der Waals surface area (Å²) in [6.45, 7) is 0. The lowest BCUT2D eigenvalue weighted by atomic mass is 10.0. The van der Waals surface area contributed by atoms with Crippen LogP contribution < -0.4 is 0 Å². The highest BCUT2D eigenvalue weighted by Crippen LogP contribution is 2.39. The van der Waals surface area contributed by atoms with Crippen molar-refractivity contribution in [2.75, 3.05) is 0 Å². The van der Waals surface area contributed by atoms with E-state index in [9.17, 15) is 0 Å². The van der Waals surface area contributed by atoms with Gasteiger partial charge in [-0.1, -0.05) is 127 Å². The smallest absolute Gasteiger partial charge is 0.205 e. The van der Waals surface area contributed by atoms with E-state index >= 15 is 0 Å². The van der Waals surface area contributed by atoms with Crippen LogP contribution in [0, 0.1) is 0 Å². The maximum Gasteiger partial charge on any atom is 0.205 e. The lowest BCUT2D eigenvalue weighted by molar-refractivity contribution is 0.590. The van der Waals surface area contributed by atoms with Gasteiger partial charge in [0.1, 0.15) is 5.58 Å². The van der Waals surface area contributed by atoms with Crippen LogP contribution in [0.3, 0.4) is 0 Å². The standard InChI is InChI=1S/C53H33N5O/c1-3-13-34(14-4-1)51-54-52(35-15-5-2-6-16-35)56-53(55-51)36-23-27-40(28-24-36)57-45-20-10-8-18-41(45)43-31-37(25-29-47(43)57)38-26-30-48-44(32-38)42-19-9-11-21-46(42)58(48)50-33-39-17-7-12-22-49(39)59-50/h1-33H. The van der Waals surface area contributed by atoms with Crippen LogP contribution in [0.2, 0.25) is 0 Å². The molecule has 0 unspecified atom stereocenters. The Morgan fingerprint density at radius 3 is 1.34 bits per heavy atom. The fourth-order valence-corrected chi connectivity index (χ4v) is 8.60. The summed E-state index contributed by atoms with van der Waals surface area (Å²) in [5.41, 5.74) is 11.6. The summed E-state index contributed by atoms with van der Waals surface area (Å²) in [6.07, 6.45) is 0. The van der Waals surface area contributed by atoms with Crippen LogP contribution in [0.5, 0.6) is 0 Å². The number of fused-ring (bicyclic) bond motifs is 7. The number of rotatable bonds is 6. The van der Waals surface area contributed by atoms with E-state index in [1.165, 1.54) is 21.5 Å². The van der Waals surface area contributed by atoms with Gasteiger partial charge in [-0.25, -0.2) is 15.0 Å². The van der Waals surface area contributed by atoms with Crippen LogP contribution in [0.25, 0.3) is 111 Å². The second-order valence-corrected chi connectivity index (χ2v) is 14.9. The summed E-state index contributed by atoms with van der Waals surface area (Å²) < 4.78 is 11.0. The van der Waals surface area contributed by atoms with Crippen molar-refractivity contribution in [2.45, 2.75) is 0 Å². The minimum Gasteiger partial charge on any atom is -0.440 e. The van der Waals surface area contributed by atoms with Gasteiger partial charge in [-0.3, -0.25) is 4.57 Å². The van der Waals surface area contributed by atoms with Crippen LogP contribution in [-0.4, -0.2) is 24.1 Å². The Labute approximate surface area is 338 Å². The van der Waals surface area contributed by atoms with Crippen molar-refractivity contribution in [1.29, 1.82) is 0 Å². The molecule has 0 atom stereocenters. The summed E-state index contributed by atoms with van der Waals surface area (Å²) in [4.78, 5) is 14.8. The van der Waals surface area contributed by atoms with Gasteiger partial charge in [-0.2, -0.15) is 0 Å². The first-order valence-corrected chi connectivity index (χ1v) is 19.8. The molecular weight excluding hydrogens is 723 g/mol. The van der Waals surface area contributed by atoms with Gasteiger partial charge in [0.05, 0.1) is 22.1 Å². The minimum atomic E-state index is 0.633. The van der Waals surface area contributed by atoms with Crippen LogP contribution in [0.1, 0.15) is 0 Å². The molecule has 6 heteroatoms. The molecule has 59 heavy (non-hydrogen) atoms. The summed E-state index contributed by atoms with van der Waals surface area (Å²) in [5, 5.41) is 5.87. The molecule has 0 fully saturated rings. The molecule has 0 spiro atoms. The van der Waals surface area contributed by atoms with Gasteiger partial charge in [-0.15, -0.1) is 0 Å². The van der Waals surface area contributed by atoms with E-state index in [4.69, 9.17) is 19.4 Å². The molecule has 0 N–H and O–H groups in total. The molecule has 0 aliphatic carbocycles. The molecule has 0 aliphatic heterocycles.